The van der Waals surface area contributed by atoms with Gasteiger partial charge in [-0.2, -0.15) is 0 Å². The first-order chi connectivity index (χ1) is 9.02. The first kappa shape index (κ1) is 13.5. The number of methoxy groups -OCH3 is 1. The lowest BCUT2D eigenvalue weighted by molar-refractivity contribution is -0.141. The van der Waals surface area contributed by atoms with Crippen LogP contribution in [-0.4, -0.2) is 52.7 Å². The monoisotopic (exact) mass is 264 g/mol. The predicted molar refractivity (Wildman–Crippen MR) is 66.8 cm³/mol. The maximum Gasteiger partial charge on any atom is 0.326 e. The zero-order chi connectivity index (χ0) is 14.0. The fraction of sp³-hybridized carbons (Fsp3) is 0.462. The Morgan fingerprint density at radius 3 is 2.79 bits per heavy atom. The van der Waals surface area contributed by atoms with Gasteiger partial charge in [0.25, 0.3) is 5.91 Å². The summed E-state index contributed by atoms with van der Waals surface area (Å²) in [6.07, 6.45) is 0.0680. The normalized spacial score (nSPS) is 22.5. The van der Waals surface area contributed by atoms with E-state index in [2.05, 4.69) is 4.98 Å². The Morgan fingerprint density at radius 2 is 2.21 bits per heavy atom. The maximum absolute atomic E-state index is 12.3. The summed E-state index contributed by atoms with van der Waals surface area (Å²) in [5.41, 5.74) is 0.989. The zero-order valence-electron chi connectivity index (χ0n) is 10.9. The Kier molecular flexibility index (Phi) is 3.80. The van der Waals surface area contributed by atoms with Crippen LogP contribution >= 0.6 is 0 Å². The number of carbonyl (C=O) groups excluding carboxylic acids is 1. The average molecular weight is 264 g/mol. The van der Waals surface area contributed by atoms with Gasteiger partial charge in [-0.25, -0.2) is 9.78 Å². The summed E-state index contributed by atoms with van der Waals surface area (Å²) in [6, 6.07) is 4.26. The number of hydrogen-bond acceptors (Lipinski definition) is 4. The van der Waals surface area contributed by atoms with E-state index in [9.17, 15) is 14.7 Å². The van der Waals surface area contributed by atoms with Gasteiger partial charge in [0.2, 0.25) is 0 Å². The van der Waals surface area contributed by atoms with Gasteiger partial charge in [0.05, 0.1) is 6.10 Å². The summed E-state index contributed by atoms with van der Waals surface area (Å²) >= 11 is 0. The zero-order valence-corrected chi connectivity index (χ0v) is 10.9. The molecule has 2 heterocycles. The Morgan fingerprint density at radius 1 is 1.47 bits per heavy atom. The average Bonchev–Trinajstić information content (AvgIpc) is 2.82. The molecule has 1 fully saturated rings. The van der Waals surface area contributed by atoms with E-state index < -0.39 is 12.0 Å². The smallest absolute Gasteiger partial charge is 0.326 e. The molecule has 19 heavy (non-hydrogen) atoms. The first-order valence-corrected chi connectivity index (χ1v) is 6.03. The standard InChI is InChI=1S/C13H16N2O4/c1-8-4-3-5-10(14-8)12(16)15-7-9(19-2)6-11(15)13(17)18/h3-5,9,11H,6-7H2,1-2H3,(H,17,18). The molecule has 2 atom stereocenters. The van der Waals surface area contributed by atoms with Crippen molar-refractivity contribution in [2.45, 2.75) is 25.5 Å². The third-order valence-electron chi connectivity index (χ3n) is 3.25. The van der Waals surface area contributed by atoms with Crippen LogP contribution in [0, 0.1) is 6.92 Å². The number of aromatic nitrogens is 1. The minimum atomic E-state index is -1.01. The SMILES string of the molecule is COC1CC(C(=O)O)N(C(=O)c2cccc(C)n2)C1. The van der Waals surface area contributed by atoms with Crippen LogP contribution in [0.15, 0.2) is 18.2 Å². The molecule has 1 N–H and O–H groups in total. The third kappa shape index (κ3) is 2.73. The molecule has 2 unspecified atom stereocenters. The maximum atomic E-state index is 12.3. The molecule has 1 aliphatic heterocycles. The molecule has 1 saturated heterocycles. The van der Waals surface area contributed by atoms with Crippen LogP contribution in [0.1, 0.15) is 22.6 Å². The van der Waals surface area contributed by atoms with Gasteiger partial charge in [0, 0.05) is 25.8 Å². The lowest BCUT2D eigenvalue weighted by Crippen LogP contribution is -2.41. The van der Waals surface area contributed by atoms with Crippen molar-refractivity contribution in [1.29, 1.82) is 0 Å². The summed E-state index contributed by atoms with van der Waals surface area (Å²) in [5, 5.41) is 9.18. The van der Waals surface area contributed by atoms with E-state index in [-0.39, 0.29) is 24.2 Å². The predicted octanol–water partition coefficient (Wildman–Crippen LogP) is 0.704. The van der Waals surface area contributed by atoms with Gasteiger partial charge < -0.3 is 14.7 Å². The van der Waals surface area contributed by atoms with Crippen molar-refractivity contribution in [1.82, 2.24) is 9.88 Å². The van der Waals surface area contributed by atoms with E-state index in [1.54, 1.807) is 25.1 Å². The van der Waals surface area contributed by atoms with Crippen molar-refractivity contribution in [3.8, 4) is 0 Å². The highest BCUT2D eigenvalue weighted by Crippen LogP contribution is 2.22. The van der Waals surface area contributed by atoms with Gasteiger partial charge in [0.1, 0.15) is 11.7 Å². The number of carboxylic acid groups (broad SMARTS) is 1. The largest absolute Gasteiger partial charge is 0.480 e. The topological polar surface area (TPSA) is 79.7 Å². The summed E-state index contributed by atoms with van der Waals surface area (Å²) < 4.78 is 5.15. The molecule has 0 bridgehead atoms. The van der Waals surface area contributed by atoms with E-state index in [4.69, 9.17) is 4.74 Å². The van der Waals surface area contributed by atoms with E-state index in [1.807, 2.05) is 0 Å². The van der Waals surface area contributed by atoms with Crippen molar-refractivity contribution < 1.29 is 19.4 Å². The lowest BCUT2D eigenvalue weighted by Gasteiger charge is -2.20. The minimum Gasteiger partial charge on any atom is -0.480 e. The number of carboxylic acids is 1. The van der Waals surface area contributed by atoms with E-state index in [0.29, 0.717) is 6.42 Å². The van der Waals surface area contributed by atoms with Crippen molar-refractivity contribution in [3.05, 3.63) is 29.6 Å². The van der Waals surface area contributed by atoms with Gasteiger partial charge in [0.15, 0.2) is 0 Å². The third-order valence-corrected chi connectivity index (χ3v) is 3.25. The Hall–Kier alpha value is -1.95. The van der Waals surface area contributed by atoms with E-state index >= 15 is 0 Å². The summed E-state index contributed by atoms with van der Waals surface area (Å²) in [5.74, 6) is -1.38. The van der Waals surface area contributed by atoms with Crippen molar-refractivity contribution in [2.75, 3.05) is 13.7 Å². The summed E-state index contributed by atoms with van der Waals surface area (Å²) in [7, 11) is 1.52. The van der Waals surface area contributed by atoms with Gasteiger partial charge in [-0.15, -0.1) is 0 Å². The van der Waals surface area contributed by atoms with Crippen LogP contribution < -0.4 is 0 Å². The number of aliphatic carboxylic acids is 1. The van der Waals surface area contributed by atoms with Crippen LogP contribution in [0.25, 0.3) is 0 Å². The molecule has 1 aromatic rings. The number of rotatable bonds is 3. The Labute approximate surface area is 111 Å². The van der Waals surface area contributed by atoms with Crippen molar-refractivity contribution >= 4 is 11.9 Å². The molecule has 1 aromatic heterocycles. The van der Waals surface area contributed by atoms with Crippen molar-refractivity contribution in [2.24, 2.45) is 0 Å². The molecule has 102 valence electrons. The van der Waals surface area contributed by atoms with Crippen LogP contribution in [0.4, 0.5) is 0 Å². The highest BCUT2D eigenvalue weighted by molar-refractivity contribution is 5.95. The number of likely N-dealkylation sites (tertiary alicyclic amines) is 1. The van der Waals surface area contributed by atoms with Crippen molar-refractivity contribution in [3.63, 3.8) is 0 Å². The fourth-order valence-corrected chi connectivity index (χ4v) is 2.24. The first-order valence-electron chi connectivity index (χ1n) is 6.03. The molecule has 6 nitrogen and oxygen atoms in total. The molecule has 0 spiro atoms. The number of hydrogen-bond donors (Lipinski definition) is 1. The molecular formula is C13H16N2O4. The summed E-state index contributed by atoms with van der Waals surface area (Å²) in [6.45, 7) is 2.06. The highest BCUT2D eigenvalue weighted by atomic mass is 16.5. The molecule has 0 aromatic carbocycles. The van der Waals surface area contributed by atoms with Gasteiger partial charge in [-0.05, 0) is 19.1 Å². The van der Waals surface area contributed by atoms with E-state index in [1.165, 1.54) is 12.0 Å². The van der Waals surface area contributed by atoms with Gasteiger partial charge in [-0.1, -0.05) is 6.07 Å². The number of pyridine rings is 1. The molecule has 1 amide bonds. The minimum absolute atomic E-state index is 0.241. The highest BCUT2D eigenvalue weighted by Gasteiger charge is 2.40. The van der Waals surface area contributed by atoms with E-state index in [0.717, 1.165) is 5.69 Å². The van der Waals surface area contributed by atoms with Crippen LogP contribution in [0.2, 0.25) is 0 Å². The molecule has 6 heteroatoms. The fourth-order valence-electron chi connectivity index (χ4n) is 2.24. The van der Waals surface area contributed by atoms with Gasteiger partial charge in [-0.3, -0.25) is 4.79 Å². The number of ether oxygens (including phenoxy) is 1. The van der Waals surface area contributed by atoms with Crippen LogP contribution in [0.3, 0.4) is 0 Å². The van der Waals surface area contributed by atoms with Crippen LogP contribution in [-0.2, 0) is 9.53 Å². The second kappa shape index (κ2) is 5.36. The summed E-state index contributed by atoms with van der Waals surface area (Å²) in [4.78, 5) is 29.0. The Balaban J connectivity index is 2.24. The molecule has 0 aliphatic carbocycles. The number of nitrogens with zero attached hydrogens (tertiary/aromatic N) is 2. The molecule has 2 rings (SSSR count). The van der Waals surface area contributed by atoms with Crippen LogP contribution in [0.5, 0.6) is 0 Å². The Bertz CT molecular complexity index is 503. The quantitative estimate of drug-likeness (QED) is 0.869. The lowest BCUT2D eigenvalue weighted by atomic mass is 10.2. The second-order valence-corrected chi connectivity index (χ2v) is 4.57. The number of carbonyl (C=O) groups is 2. The number of amides is 1. The molecule has 0 radical (unpaired) electrons. The number of aryl methyl sites for hydroxylation is 1. The molecule has 1 aliphatic rings. The second-order valence-electron chi connectivity index (χ2n) is 4.57. The molecule has 0 saturated carbocycles. The van der Waals surface area contributed by atoms with Gasteiger partial charge >= 0.3 is 5.97 Å². The molecular weight excluding hydrogens is 248 g/mol.